The van der Waals surface area contributed by atoms with Gasteiger partial charge in [0.05, 0.1) is 5.41 Å². The molecule has 0 aromatic heterocycles. The van der Waals surface area contributed by atoms with Gasteiger partial charge in [-0.25, -0.2) is 0 Å². The van der Waals surface area contributed by atoms with Gasteiger partial charge in [-0.2, -0.15) is 52.7 Å². The van der Waals surface area contributed by atoms with Crippen LogP contribution in [0.25, 0.3) is 11.1 Å². The molecule has 0 saturated carbocycles. The average molecular weight is 682 g/mol. The minimum absolute atomic E-state index is 0.0698. The first kappa shape index (κ1) is 33.9. The summed E-state index contributed by atoms with van der Waals surface area (Å²) in [6.07, 6.45) is -26.0. The molecule has 0 aliphatic heterocycles. The number of hydrogen-bond acceptors (Lipinski definition) is 4. The van der Waals surface area contributed by atoms with Crippen molar-refractivity contribution in [3.63, 3.8) is 0 Å². The molecule has 0 heterocycles. The highest BCUT2D eigenvalue weighted by Crippen LogP contribution is 2.60. The van der Waals surface area contributed by atoms with Gasteiger partial charge >= 0.3 is 24.7 Å². The monoisotopic (exact) mass is 682 g/mol. The Bertz CT molecular complexity index is 1690. The molecule has 4 aromatic rings. The van der Waals surface area contributed by atoms with Crippen LogP contribution in [-0.2, 0) is 16.6 Å². The predicted octanol–water partition coefficient (Wildman–Crippen LogP) is 8.09. The van der Waals surface area contributed by atoms with Crippen molar-refractivity contribution >= 4 is 0 Å². The highest BCUT2D eigenvalue weighted by atomic mass is 19.4. The highest BCUT2D eigenvalue weighted by molar-refractivity contribution is 5.86. The fraction of sp³-hybridized carbons (Fsp3) is 0.226. The van der Waals surface area contributed by atoms with Crippen LogP contribution >= 0.6 is 0 Å². The maximum absolute atomic E-state index is 14.0. The van der Waals surface area contributed by atoms with E-state index in [0.717, 1.165) is 12.1 Å². The van der Waals surface area contributed by atoms with Gasteiger partial charge in [-0.15, -0.1) is 0 Å². The number of phenolic OH excluding ortho intramolecular Hbond substituents is 2. The largest absolute Gasteiger partial charge is 0.508 e. The Morgan fingerprint density at radius 2 is 0.723 bits per heavy atom. The van der Waals surface area contributed by atoms with E-state index in [-0.39, 0.29) is 34.4 Å². The van der Waals surface area contributed by atoms with Crippen molar-refractivity contribution in [2.24, 2.45) is 0 Å². The zero-order valence-electron chi connectivity index (χ0n) is 22.9. The zero-order chi connectivity index (χ0) is 35.2. The van der Waals surface area contributed by atoms with Gasteiger partial charge in [-0.3, -0.25) is 0 Å². The number of alkyl halides is 12. The number of aliphatic hydroxyl groups is 2. The van der Waals surface area contributed by atoms with Gasteiger partial charge in [0.1, 0.15) is 11.5 Å². The molecule has 16 heteroatoms. The molecule has 1 aliphatic carbocycles. The summed E-state index contributed by atoms with van der Waals surface area (Å²) < 4.78 is 168. The summed E-state index contributed by atoms with van der Waals surface area (Å²) in [6, 6.07) is 13.4. The molecule has 0 spiro atoms. The molecule has 4 aromatic carbocycles. The lowest BCUT2D eigenvalue weighted by atomic mass is 9.66. The number of phenols is 2. The minimum Gasteiger partial charge on any atom is -0.508 e. The van der Waals surface area contributed by atoms with Crippen LogP contribution in [0.1, 0.15) is 33.4 Å². The fourth-order valence-corrected chi connectivity index (χ4v) is 6.07. The van der Waals surface area contributed by atoms with Crippen molar-refractivity contribution in [2.75, 3.05) is 0 Å². The predicted molar refractivity (Wildman–Crippen MR) is 139 cm³/mol. The molecule has 1 aliphatic rings. The number of benzene rings is 4. The minimum atomic E-state index is -6.50. The second-order valence-corrected chi connectivity index (χ2v) is 10.7. The second-order valence-electron chi connectivity index (χ2n) is 10.7. The molecule has 0 radical (unpaired) electrons. The fourth-order valence-electron chi connectivity index (χ4n) is 6.07. The lowest BCUT2D eigenvalue weighted by Gasteiger charge is -2.38. The molecule has 0 bridgehead atoms. The van der Waals surface area contributed by atoms with Gasteiger partial charge in [0, 0.05) is 11.1 Å². The van der Waals surface area contributed by atoms with Gasteiger partial charge < -0.3 is 20.4 Å². The van der Waals surface area contributed by atoms with Gasteiger partial charge in [0.15, 0.2) is 0 Å². The quantitative estimate of drug-likeness (QED) is 0.145. The Morgan fingerprint density at radius 3 is 1.02 bits per heavy atom. The number of halogens is 12. The van der Waals surface area contributed by atoms with E-state index >= 15 is 0 Å². The van der Waals surface area contributed by atoms with Crippen molar-refractivity contribution in [1.29, 1.82) is 0 Å². The Labute approximate surface area is 255 Å². The summed E-state index contributed by atoms with van der Waals surface area (Å²) in [5.41, 5.74) is -19.2. The average Bonchev–Trinajstić information content (AvgIpc) is 3.26. The van der Waals surface area contributed by atoms with Crippen LogP contribution < -0.4 is 0 Å². The van der Waals surface area contributed by atoms with Crippen molar-refractivity contribution < 1.29 is 73.1 Å². The number of fused-ring (bicyclic) bond motifs is 3. The smallest absolute Gasteiger partial charge is 0.430 e. The van der Waals surface area contributed by atoms with Crippen LogP contribution in [0.3, 0.4) is 0 Å². The molecular formula is C31H18F12O4. The van der Waals surface area contributed by atoms with Crippen LogP contribution in [0.4, 0.5) is 52.7 Å². The lowest BCUT2D eigenvalue weighted by Crippen LogP contribution is -2.54. The summed E-state index contributed by atoms with van der Waals surface area (Å²) in [5, 5.41) is 40.9. The standard InChI is InChI=1S/C31H18F12O4/c32-28(33,34)26(46,29(35,36)37)21-13-15(9-11-23(21)44)25(19-7-3-1-5-17(19)18-6-2-4-8-20(18)25)16-10-12-24(45)22(14-16)27(47,30(38,39)40)31(41,42)43/h1-14,44-47H. The van der Waals surface area contributed by atoms with Crippen LogP contribution in [0.2, 0.25) is 0 Å². The Kier molecular flexibility index (Phi) is 7.42. The second kappa shape index (κ2) is 10.3. The van der Waals surface area contributed by atoms with Crippen molar-refractivity contribution in [2.45, 2.75) is 41.3 Å². The summed E-state index contributed by atoms with van der Waals surface area (Å²) in [7, 11) is 0. The van der Waals surface area contributed by atoms with Crippen molar-refractivity contribution in [3.05, 3.63) is 118 Å². The molecule has 0 atom stereocenters. The number of aromatic hydroxyl groups is 2. The van der Waals surface area contributed by atoms with Gasteiger partial charge in [0.2, 0.25) is 0 Å². The Hall–Kier alpha value is -4.44. The Morgan fingerprint density at radius 1 is 0.426 bits per heavy atom. The zero-order valence-corrected chi connectivity index (χ0v) is 22.9. The first-order valence-corrected chi connectivity index (χ1v) is 13.0. The molecule has 250 valence electrons. The van der Waals surface area contributed by atoms with E-state index in [1.165, 1.54) is 48.5 Å². The van der Waals surface area contributed by atoms with Gasteiger partial charge in [-0.1, -0.05) is 60.7 Å². The van der Waals surface area contributed by atoms with E-state index in [2.05, 4.69) is 0 Å². The maximum Gasteiger partial charge on any atom is 0.430 e. The highest BCUT2D eigenvalue weighted by Gasteiger charge is 2.73. The van der Waals surface area contributed by atoms with Crippen LogP contribution in [-0.4, -0.2) is 45.1 Å². The summed E-state index contributed by atoms with van der Waals surface area (Å²) in [5.74, 6) is -3.40. The SMILES string of the molecule is Oc1ccc(C2(c3ccc(O)c(C(O)(C(F)(F)F)C(F)(F)F)c3)c3ccccc3-c3ccccc32)cc1C(O)(C(F)(F)F)C(F)(F)F. The van der Waals surface area contributed by atoms with E-state index in [9.17, 15) is 73.1 Å². The van der Waals surface area contributed by atoms with E-state index in [1.54, 1.807) is 0 Å². The molecule has 5 rings (SSSR count). The third-order valence-corrected chi connectivity index (χ3v) is 8.23. The normalized spacial score (nSPS) is 15.4. The third kappa shape index (κ3) is 4.55. The first-order valence-electron chi connectivity index (χ1n) is 13.0. The van der Waals surface area contributed by atoms with Gasteiger partial charge in [0.25, 0.3) is 11.2 Å². The molecule has 4 N–H and O–H groups in total. The molecule has 0 unspecified atom stereocenters. The molecule has 0 fully saturated rings. The first-order chi connectivity index (χ1) is 21.5. The third-order valence-electron chi connectivity index (χ3n) is 8.23. The van der Waals surface area contributed by atoms with Crippen molar-refractivity contribution in [3.8, 4) is 22.6 Å². The summed E-state index contributed by atoms with van der Waals surface area (Å²) in [6.45, 7) is 0. The van der Waals surface area contributed by atoms with Crippen molar-refractivity contribution in [1.82, 2.24) is 0 Å². The van der Waals surface area contributed by atoms with E-state index in [1.807, 2.05) is 0 Å². The molecule has 0 amide bonds. The summed E-state index contributed by atoms with van der Waals surface area (Å²) >= 11 is 0. The molecular weight excluding hydrogens is 664 g/mol. The van der Waals surface area contributed by atoms with Crippen LogP contribution in [0.5, 0.6) is 11.5 Å². The van der Waals surface area contributed by atoms with Gasteiger partial charge in [-0.05, 0) is 57.6 Å². The Balaban J connectivity index is 1.99. The van der Waals surface area contributed by atoms with E-state index in [4.69, 9.17) is 0 Å². The topological polar surface area (TPSA) is 80.9 Å². The lowest BCUT2D eigenvalue weighted by molar-refractivity contribution is -0.377. The van der Waals surface area contributed by atoms with E-state index < -0.39 is 75.1 Å². The number of rotatable bonds is 4. The van der Waals surface area contributed by atoms with E-state index in [0.29, 0.717) is 12.1 Å². The molecule has 0 saturated heterocycles. The van der Waals surface area contributed by atoms with Crippen LogP contribution in [0.15, 0.2) is 84.9 Å². The van der Waals surface area contributed by atoms with Crippen LogP contribution in [0, 0.1) is 0 Å². The summed E-state index contributed by atoms with van der Waals surface area (Å²) in [4.78, 5) is 0. The maximum atomic E-state index is 14.0. The number of hydrogen-bond donors (Lipinski definition) is 4. The molecule has 4 nitrogen and oxygen atoms in total. The molecule has 47 heavy (non-hydrogen) atoms.